The molecule has 0 unspecified atom stereocenters. The van der Waals surface area contributed by atoms with E-state index in [4.69, 9.17) is 4.74 Å². The quantitative estimate of drug-likeness (QED) is 0.864. The number of hydrogen-bond acceptors (Lipinski definition) is 3. The highest BCUT2D eigenvalue weighted by Gasteiger charge is 2.71. The minimum Gasteiger partial charge on any atom is -0.481 e. The summed E-state index contributed by atoms with van der Waals surface area (Å²) in [6.45, 7) is 3.79. The molecule has 3 aliphatic rings. The topological polar surface area (TPSA) is 66.8 Å². The molecule has 118 valence electrons. The van der Waals surface area contributed by atoms with E-state index >= 15 is 0 Å². The summed E-state index contributed by atoms with van der Waals surface area (Å²) in [5.41, 5.74) is -0.104. The summed E-state index contributed by atoms with van der Waals surface area (Å²) in [6, 6.07) is 9.05. The number of carboxylic acids is 1. The lowest BCUT2D eigenvalue weighted by molar-refractivity contribution is -0.146. The number of hydrogen-bond donors (Lipinski definition) is 1. The number of aliphatic carboxylic acids is 1. The third-order valence-corrected chi connectivity index (χ3v) is 5.13. The van der Waals surface area contributed by atoms with E-state index in [0.717, 1.165) is 5.69 Å². The zero-order chi connectivity index (χ0) is 16.2. The Bertz CT molecular complexity index is 713. The fraction of sp³-hybridized carbons (Fsp3) is 0.333. The lowest BCUT2D eigenvalue weighted by Gasteiger charge is -2.32. The van der Waals surface area contributed by atoms with E-state index in [0.29, 0.717) is 6.42 Å². The molecule has 3 heterocycles. The maximum atomic E-state index is 13.1. The number of fused-ring (bicyclic) bond motifs is 1. The van der Waals surface area contributed by atoms with Crippen molar-refractivity contribution >= 4 is 17.6 Å². The van der Waals surface area contributed by atoms with Gasteiger partial charge in [0.15, 0.2) is 0 Å². The second-order valence-electron chi connectivity index (χ2n) is 6.22. The smallest absolute Gasteiger partial charge is 0.310 e. The molecule has 23 heavy (non-hydrogen) atoms. The molecule has 1 amide bonds. The van der Waals surface area contributed by atoms with Gasteiger partial charge in [-0.1, -0.05) is 36.4 Å². The lowest BCUT2D eigenvalue weighted by atomic mass is 9.74. The summed E-state index contributed by atoms with van der Waals surface area (Å²) < 4.78 is 6.04. The van der Waals surface area contributed by atoms with Crippen molar-refractivity contribution in [2.75, 3.05) is 4.90 Å². The van der Waals surface area contributed by atoms with Crippen LogP contribution in [0.5, 0.6) is 0 Å². The Hall–Kier alpha value is -2.40. The molecule has 2 saturated heterocycles. The molecule has 1 aromatic rings. The summed E-state index contributed by atoms with van der Waals surface area (Å²) in [5.74, 6) is -2.66. The van der Waals surface area contributed by atoms with E-state index in [1.54, 1.807) is 17.1 Å². The van der Waals surface area contributed by atoms with Gasteiger partial charge in [-0.05, 0) is 18.6 Å². The van der Waals surface area contributed by atoms with Gasteiger partial charge in [-0.15, -0.1) is 6.58 Å². The van der Waals surface area contributed by atoms with Gasteiger partial charge in [0.2, 0.25) is 5.91 Å². The first kappa shape index (κ1) is 14.2. The summed E-state index contributed by atoms with van der Waals surface area (Å²) in [4.78, 5) is 26.5. The normalized spacial score (nSPS) is 37.2. The molecular weight excluding hydrogens is 294 g/mol. The van der Waals surface area contributed by atoms with E-state index in [2.05, 4.69) is 6.58 Å². The largest absolute Gasteiger partial charge is 0.481 e. The Morgan fingerprint density at radius 2 is 2.13 bits per heavy atom. The van der Waals surface area contributed by atoms with Crippen molar-refractivity contribution in [3.8, 4) is 0 Å². The molecular formula is C18H17NO4. The summed E-state index contributed by atoms with van der Waals surface area (Å²) in [7, 11) is 0. The first-order valence-corrected chi connectivity index (χ1v) is 7.69. The zero-order valence-corrected chi connectivity index (χ0v) is 12.5. The maximum Gasteiger partial charge on any atom is 0.310 e. The van der Waals surface area contributed by atoms with Crippen molar-refractivity contribution in [2.45, 2.75) is 24.2 Å². The molecule has 1 spiro atoms. The van der Waals surface area contributed by atoms with Crippen molar-refractivity contribution < 1.29 is 19.4 Å². The Morgan fingerprint density at radius 3 is 2.78 bits per heavy atom. The number of ether oxygens (including phenoxy) is 1. The van der Waals surface area contributed by atoms with Gasteiger partial charge in [-0.25, -0.2) is 0 Å². The molecule has 0 saturated carbocycles. The summed E-state index contributed by atoms with van der Waals surface area (Å²) >= 11 is 0. The number of para-hydroxylation sites is 1. The fourth-order valence-electron chi connectivity index (χ4n) is 4.27. The number of carbonyl (C=O) groups is 2. The predicted octanol–water partition coefficient (Wildman–Crippen LogP) is 2.00. The van der Waals surface area contributed by atoms with Crippen LogP contribution in [-0.4, -0.2) is 34.7 Å². The third-order valence-electron chi connectivity index (χ3n) is 5.13. The molecule has 5 heteroatoms. The van der Waals surface area contributed by atoms with Crippen molar-refractivity contribution in [2.24, 2.45) is 11.8 Å². The van der Waals surface area contributed by atoms with Crippen LogP contribution in [0.1, 0.15) is 6.42 Å². The number of amides is 1. The molecule has 1 aromatic carbocycles. The summed E-state index contributed by atoms with van der Waals surface area (Å²) in [5, 5.41) is 9.57. The second-order valence-corrected chi connectivity index (χ2v) is 6.22. The van der Waals surface area contributed by atoms with Crippen molar-refractivity contribution in [1.82, 2.24) is 0 Å². The first-order chi connectivity index (χ1) is 11.1. The number of benzene rings is 1. The van der Waals surface area contributed by atoms with Gasteiger partial charge in [0.25, 0.3) is 0 Å². The van der Waals surface area contributed by atoms with Crippen molar-refractivity contribution in [3.63, 3.8) is 0 Å². The van der Waals surface area contributed by atoms with Gasteiger partial charge in [-0.3, -0.25) is 9.59 Å². The van der Waals surface area contributed by atoms with Crippen LogP contribution in [0.25, 0.3) is 0 Å². The van der Waals surface area contributed by atoms with Crippen LogP contribution in [0, 0.1) is 11.8 Å². The molecule has 0 aromatic heterocycles. The minimum atomic E-state index is -0.980. The maximum absolute atomic E-state index is 13.1. The Balaban J connectivity index is 1.85. The average Bonchev–Trinajstić information content (AvgIpc) is 3.18. The van der Waals surface area contributed by atoms with Crippen LogP contribution in [0.4, 0.5) is 5.69 Å². The predicted molar refractivity (Wildman–Crippen MR) is 83.9 cm³/mol. The molecule has 0 radical (unpaired) electrons. The number of carboxylic acid groups (broad SMARTS) is 1. The summed E-state index contributed by atoms with van der Waals surface area (Å²) in [6.07, 6.45) is 5.44. The standard InChI is InChI=1S/C18H17NO4/c1-2-6-13-18-10-9-12(23-18)14(17(21)22)15(18)16(20)19(13)11-7-4-3-5-8-11/h2-5,7-10,12-15H,1,6H2,(H,21,22)/t12-,13-,14-,15-,18-/m1/s1. The van der Waals surface area contributed by atoms with Crippen molar-refractivity contribution in [3.05, 3.63) is 55.1 Å². The van der Waals surface area contributed by atoms with E-state index in [1.807, 2.05) is 36.4 Å². The molecule has 0 aliphatic carbocycles. The van der Waals surface area contributed by atoms with Crippen LogP contribution in [0.3, 0.4) is 0 Å². The van der Waals surface area contributed by atoms with Gasteiger partial charge >= 0.3 is 5.97 Å². The SMILES string of the molecule is C=CC[C@H]1N(c2ccccc2)C(=O)[C@H]2[C@H](C(=O)O)[C@H]3C=C[C@]21O3. The molecule has 1 N–H and O–H groups in total. The lowest BCUT2D eigenvalue weighted by Crippen LogP contribution is -2.45. The van der Waals surface area contributed by atoms with E-state index < -0.39 is 29.5 Å². The van der Waals surface area contributed by atoms with Gasteiger partial charge in [0.05, 0.1) is 18.1 Å². The Morgan fingerprint density at radius 1 is 1.39 bits per heavy atom. The monoisotopic (exact) mass is 311 g/mol. The van der Waals surface area contributed by atoms with Gasteiger partial charge in [0, 0.05) is 5.69 Å². The molecule has 2 fully saturated rings. The molecule has 4 rings (SSSR count). The fourth-order valence-corrected chi connectivity index (χ4v) is 4.27. The number of nitrogens with zero attached hydrogens (tertiary/aromatic N) is 1. The number of rotatable bonds is 4. The molecule has 5 atom stereocenters. The van der Waals surface area contributed by atoms with Crippen LogP contribution < -0.4 is 4.90 Å². The minimum absolute atomic E-state index is 0.178. The van der Waals surface area contributed by atoms with E-state index in [9.17, 15) is 14.7 Å². The van der Waals surface area contributed by atoms with Gasteiger partial charge in [-0.2, -0.15) is 0 Å². The Kier molecular flexibility index (Phi) is 2.96. The molecule has 2 bridgehead atoms. The van der Waals surface area contributed by atoms with Crippen LogP contribution in [0.15, 0.2) is 55.1 Å². The van der Waals surface area contributed by atoms with Gasteiger partial charge < -0.3 is 14.7 Å². The highest BCUT2D eigenvalue weighted by molar-refractivity contribution is 6.03. The Labute approximate surface area is 133 Å². The molecule has 5 nitrogen and oxygen atoms in total. The first-order valence-electron chi connectivity index (χ1n) is 7.69. The number of carbonyl (C=O) groups excluding carboxylic acids is 1. The van der Waals surface area contributed by atoms with Gasteiger partial charge in [0.1, 0.15) is 11.5 Å². The van der Waals surface area contributed by atoms with E-state index in [1.165, 1.54) is 0 Å². The highest BCUT2D eigenvalue weighted by Crippen LogP contribution is 2.56. The van der Waals surface area contributed by atoms with Crippen LogP contribution in [0.2, 0.25) is 0 Å². The van der Waals surface area contributed by atoms with Crippen molar-refractivity contribution in [1.29, 1.82) is 0 Å². The highest BCUT2D eigenvalue weighted by atomic mass is 16.5. The molecule has 3 aliphatic heterocycles. The second kappa shape index (κ2) is 4.80. The van der Waals surface area contributed by atoms with Crippen LogP contribution in [-0.2, 0) is 14.3 Å². The van der Waals surface area contributed by atoms with E-state index in [-0.39, 0.29) is 11.9 Å². The van der Waals surface area contributed by atoms with Crippen LogP contribution >= 0.6 is 0 Å². The third kappa shape index (κ3) is 1.71. The number of anilines is 1. The average molecular weight is 311 g/mol. The zero-order valence-electron chi connectivity index (χ0n) is 12.5.